The van der Waals surface area contributed by atoms with E-state index in [1.54, 1.807) is 0 Å². The Morgan fingerprint density at radius 1 is 0.750 bits per heavy atom. The van der Waals surface area contributed by atoms with Crippen LogP contribution in [0.25, 0.3) is 0 Å². The van der Waals surface area contributed by atoms with Gasteiger partial charge in [-0.25, -0.2) is 0 Å². The second kappa shape index (κ2) is 18.7. The van der Waals surface area contributed by atoms with Crippen LogP contribution in [0.2, 0.25) is 0 Å². The molecule has 0 radical (unpaired) electrons. The predicted molar refractivity (Wildman–Crippen MR) is 91.3 cm³/mol. The van der Waals surface area contributed by atoms with Gasteiger partial charge in [-0.1, -0.05) is 70.4 Å². The van der Waals surface area contributed by atoms with E-state index in [0.29, 0.717) is 0 Å². The van der Waals surface area contributed by atoms with Crippen LogP contribution in [0.5, 0.6) is 0 Å². The summed E-state index contributed by atoms with van der Waals surface area (Å²) in [6.45, 7) is 6.38. The molecule has 0 bridgehead atoms. The van der Waals surface area contributed by atoms with E-state index >= 15 is 0 Å². The van der Waals surface area contributed by atoms with Gasteiger partial charge in [-0.2, -0.15) is 0 Å². The number of unbranched alkanes of at least 4 members (excludes halogenated alkanes) is 9. The summed E-state index contributed by atoms with van der Waals surface area (Å²) < 4.78 is 5.07. The normalized spacial score (nSPS) is 15.1. The van der Waals surface area contributed by atoms with Gasteiger partial charge in [-0.05, 0) is 39.0 Å². The summed E-state index contributed by atoms with van der Waals surface area (Å²) in [5, 5.41) is 0. The minimum atomic E-state index is 1.00. The molecule has 0 aromatic heterocycles. The highest BCUT2D eigenvalue weighted by atomic mass is 16.5. The van der Waals surface area contributed by atoms with Gasteiger partial charge < -0.3 is 4.74 Å². The van der Waals surface area contributed by atoms with E-state index in [0.717, 1.165) is 13.2 Å². The number of allylic oxidation sites excluding steroid dienone is 2. The molecular formula is C19H38O. The van der Waals surface area contributed by atoms with Gasteiger partial charge in [0, 0.05) is 13.2 Å². The minimum absolute atomic E-state index is 1.00. The van der Waals surface area contributed by atoms with Crippen molar-refractivity contribution in [1.82, 2.24) is 0 Å². The SMILES string of the molecule is C/C=C\CCCCCCCCCCC.C1CCOCC1. The summed E-state index contributed by atoms with van der Waals surface area (Å²) >= 11 is 0. The van der Waals surface area contributed by atoms with Crippen molar-refractivity contribution in [2.75, 3.05) is 13.2 Å². The Hall–Kier alpha value is -0.300. The fourth-order valence-electron chi connectivity index (χ4n) is 2.43. The molecule has 0 atom stereocenters. The van der Waals surface area contributed by atoms with Crippen molar-refractivity contribution in [2.45, 2.75) is 97.3 Å². The minimum Gasteiger partial charge on any atom is -0.381 e. The van der Waals surface area contributed by atoms with Crippen LogP contribution < -0.4 is 0 Å². The van der Waals surface area contributed by atoms with Crippen LogP contribution >= 0.6 is 0 Å². The Morgan fingerprint density at radius 3 is 1.70 bits per heavy atom. The van der Waals surface area contributed by atoms with Crippen molar-refractivity contribution in [3.8, 4) is 0 Å². The van der Waals surface area contributed by atoms with Crippen LogP contribution in [-0.2, 0) is 4.74 Å². The molecule has 0 saturated carbocycles. The molecule has 1 saturated heterocycles. The van der Waals surface area contributed by atoms with E-state index in [1.165, 1.54) is 83.5 Å². The van der Waals surface area contributed by atoms with Gasteiger partial charge in [-0.3, -0.25) is 0 Å². The third-order valence-corrected chi connectivity index (χ3v) is 3.79. The molecule has 120 valence electrons. The molecule has 1 nitrogen and oxygen atoms in total. The first kappa shape index (κ1) is 19.7. The lowest BCUT2D eigenvalue weighted by Crippen LogP contribution is -2.03. The molecule has 20 heavy (non-hydrogen) atoms. The Bertz CT molecular complexity index is 171. The smallest absolute Gasteiger partial charge is 0.0466 e. The zero-order valence-corrected chi connectivity index (χ0v) is 14.2. The molecule has 1 fully saturated rings. The average Bonchev–Trinajstić information content (AvgIpc) is 2.52. The van der Waals surface area contributed by atoms with E-state index in [4.69, 9.17) is 4.74 Å². The molecular weight excluding hydrogens is 244 g/mol. The van der Waals surface area contributed by atoms with Gasteiger partial charge >= 0.3 is 0 Å². The second-order valence-electron chi connectivity index (χ2n) is 5.86. The monoisotopic (exact) mass is 282 g/mol. The number of hydrogen-bond acceptors (Lipinski definition) is 1. The molecule has 1 aliphatic heterocycles. The van der Waals surface area contributed by atoms with Gasteiger partial charge in [-0.15, -0.1) is 0 Å². The third-order valence-electron chi connectivity index (χ3n) is 3.79. The summed E-state index contributed by atoms with van der Waals surface area (Å²) in [4.78, 5) is 0. The fourth-order valence-corrected chi connectivity index (χ4v) is 2.43. The third kappa shape index (κ3) is 17.7. The van der Waals surface area contributed by atoms with Gasteiger partial charge in [0.15, 0.2) is 0 Å². The second-order valence-corrected chi connectivity index (χ2v) is 5.86. The molecule has 1 rings (SSSR count). The highest BCUT2D eigenvalue weighted by Crippen LogP contribution is 2.10. The molecule has 0 amide bonds. The molecule has 0 unspecified atom stereocenters. The van der Waals surface area contributed by atoms with Crippen LogP contribution in [0, 0.1) is 0 Å². The van der Waals surface area contributed by atoms with Crippen molar-refractivity contribution in [3.63, 3.8) is 0 Å². The summed E-state index contributed by atoms with van der Waals surface area (Å²) in [5.74, 6) is 0. The van der Waals surface area contributed by atoms with Crippen LogP contribution in [0.4, 0.5) is 0 Å². The van der Waals surface area contributed by atoms with E-state index < -0.39 is 0 Å². The molecule has 0 aliphatic carbocycles. The van der Waals surface area contributed by atoms with Crippen molar-refractivity contribution in [1.29, 1.82) is 0 Å². The number of hydrogen-bond donors (Lipinski definition) is 0. The van der Waals surface area contributed by atoms with E-state index in [-0.39, 0.29) is 0 Å². The van der Waals surface area contributed by atoms with Crippen molar-refractivity contribution in [3.05, 3.63) is 12.2 Å². The summed E-state index contributed by atoms with van der Waals surface area (Å²) in [5.41, 5.74) is 0. The first-order chi connectivity index (χ1) is 9.91. The maximum atomic E-state index is 5.07. The summed E-state index contributed by atoms with van der Waals surface area (Å²) in [6, 6.07) is 0. The molecule has 0 aromatic rings. The fraction of sp³-hybridized carbons (Fsp3) is 0.895. The first-order valence-electron chi connectivity index (χ1n) is 9.10. The zero-order valence-electron chi connectivity index (χ0n) is 14.2. The van der Waals surface area contributed by atoms with Crippen LogP contribution in [0.15, 0.2) is 12.2 Å². The Balaban J connectivity index is 0.000000493. The van der Waals surface area contributed by atoms with Gasteiger partial charge in [0.2, 0.25) is 0 Å². The first-order valence-corrected chi connectivity index (χ1v) is 9.10. The van der Waals surface area contributed by atoms with Crippen LogP contribution in [0.1, 0.15) is 97.3 Å². The van der Waals surface area contributed by atoms with E-state index in [9.17, 15) is 0 Å². The highest BCUT2D eigenvalue weighted by Gasteiger charge is 1.95. The van der Waals surface area contributed by atoms with E-state index in [1.807, 2.05) is 0 Å². The zero-order chi connectivity index (χ0) is 14.7. The van der Waals surface area contributed by atoms with Gasteiger partial charge in [0.25, 0.3) is 0 Å². The molecule has 0 spiro atoms. The lowest BCUT2D eigenvalue weighted by atomic mass is 10.1. The Morgan fingerprint density at radius 2 is 1.30 bits per heavy atom. The topological polar surface area (TPSA) is 9.23 Å². The Kier molecular flexibility index (Phi) is 18.4. The average molecular weight is 283 g/mol. The lowest BCUT2D eigenvalue weighted by molar-refractivity contribution is 0.0968. The Labute approximate surface area is 128 Å². The predicted octanol–water partition coefficient (Wildman–Crippen LogP) is 6.67. The van der Waals surface area contributed by atoms with Gasteiger partial charge in [0.05, 0.1) is 0 Å². The van der Waals surface area contributed by atoms with Gasteiger partial charge in [0.1, 0.15) is 0 Å². The molecule has 1 aliphatic rings. The molecule has 0 N–H and O–H groups in total. The standard InChI is InChI=1S/C14H28.C5H10O/c1-3-5-7-9-11-13-14-12-10-8-6-4-2;1-2-4-6-5-3-1/h3,5H,4,6-14H2,1-2H3;1-5H2/b5-3-;. The summed E-state index contributed by atoms with van der Waals surface area (Å²) in [7, 11) is 0. The molecule has 0 aromatic carbocycles. The number of rotatable bonds is 10. The van der Waals surface area contributed by atoms with Crippen molar-refractivity contribution in [2.24, 2.45) is 0 Å². The van der Waals surface area contributed by atoms with Crippen molar-refractivity contribution >= 4 is 0 Å². The largest absolute Gasteiger partial charge is 0.381 e. The molecule has 1 heteroatoms. The van der Waals surface area contributed by atoms with E-state index in [2.05, 4.69) is 26.0 Å². The highest BCUT2D eigenvalue weighted by molar-refractivity contribution is 4.76. The van der Waals surface area contributed by atoms with Crippen LogP contribution in [0.3, 0.4) is 0 Å². The lowest BCUT2D eigenvalue weighted by Gasteiger charge is -2.08. The number of ether oxygens (including phenoxy) is 1. The maximum absolute atomic E-state index is 5.07. The quantitative estimate of drug-likeness (QED) is 0.321. The maximum Gasteiger partial charge on any atom is 0.0466 e. The van der Waals surface area contributed by atoms with Crippen LogP contribution in [-0.4, -0.2) is 13.2 Å². The summed E-state index contributed by atoms with van der Waals surface area (Å²) in [6.07, 6.45) is 22.5. The van der Waals surface area contributed by atoms with Crippen molar-refractivity contribution < 1.29 is 4.74 Å². The molecule has 1 heterocycles.